The second kappa shape index (κ2) is 7.63. The largest absolute Gasteiger partial charge is 0.495 e. The highest BCUT2D eigenvalue weighted by Gasteiger charge is 2.35. The van der Waals surface area contributed by atoms with Gasteiger partial charge in [0.1, 0.15) is 5.75 Å². The van der Waals surface area contributed by atoms with Gasteiger partial charge in [0.05, 0.1) is 24.4 Å². The highest BCUT2D eigenvalue weighted by molar-refractivity contribution is 8.18. The molecule has 0 spiro atoms. The lowest BCUT2D eigenvalue weighted by Gasteiger charge is -2.16. The smallest absolute Gasteiger partial charge is 0.295 e. The molecule has 2 aromatic carbocycles. The number of anilines is 1. The summed E-state index contributed by atoms with van der Waals surface area (Å²) >= 11 is 7.01. The third-order valence-electron chi connectivity index (χ3n) is 3.60. The molecule has 0 radical (unpaired) electrons. The molecule has 0 atom stereocenters. The molecule has 7 heteroatoms. The third kappa shape index (κ3) is 3.81. The van der Waals surface area contributed by atoms with Gasteiger partial charge in [0.25, 0.3) is 11.1 Å². The average Bonchev–Trinajstić information content (AvgIpc) is 2.89. The molecule has 25 heavy (non-hydrogen) atoms. The van der Waals surface area contributed by atoms with Gasteiger partial charge in [-0.2, -0.15) is 0 Å². The van der Waals surface area contributed by atoms with Crippen LogP contribution in [0.25, 0.3) is 6.08 Å². The van der Waals surface area contributed by atoms with Gasteiger partial charge in [-0.1, -0.05) is 41.9 Å². The van der Waals surface area contributed by atoms with Crippen molar-refractivity contribution in [1.82, 2.24) is 4.90 Å². The molecule has 0 aliphatic carbocycles. The molecule has 0 aromatic heterocycles. The van der Waals surface area contributed by atoms with E-state index in [1.165, 1.54) is 0 Å². The molecule has 5 nitrogen and oxygen atoms in total. The summed E-state index contributed by atoms with van der Waals surface area (Å²) in [5.74, 6) is 0.290. The van der Waals surface area contributed by atoms with E-state index in [4.69, 9.17) is 16.3 Å². The quantitative estimate of drug-likeness (QED) is 0.783. The second-order valence-electron chi connectivity index (χ2n) is 5.17. The van der Waals surface area contributed by atoms with E-state index in [2.05, 4.69) is 5.32 Å². The van der Waals surface area contributed by atoms with Crippen molar-refractivity contribution < 1.29 is 14.3 Å². The zero-order valence-electron chi connectivity index (χ0n) is 13.4. The Balaban J connectivity index is 1.75. The first kappa shape index (κ1) is 17.4. The van der Waals surface area contributed by atoms with Crippen LogP contribution in [0, 0.1) is 0 Å². The number of imide groups is 1. The van der Waals surface area contributed by atoms with Gasteiger partial charge in [-0.3, -0.25) is 14.5 Å². The van der Waals surface area contributed by atoms with Gasteiger partial charge >= 0.3 is 0 Å². The van der Waals surface area contributed by atoms with E-state index in [1.54, 1.807) is 31.4 Å². The molecule has 1 fully saturated rings. The molecule has 128 valence electrons. The number of nitrogens with one attached hydrogen (secondary N) is 1. The fourth-order valence-corrected chi connectivity index (χ4v) is 3.34. The number of hydrogen-bond donors (Lipinski definition) is 1. The third-order valence-corrected chi connectivity index (χ3v) is 4.85. The Morgan fingerprint density at radius 2 is 1.88 bits per heavy atom. The van der Waals surface area contributed by atoms with Crippen molar-refractivity contribution >= 4 is 46.3 Å². The van der Waals surface area contributed by atoms with E-state index >= 15 is 0 Å². The molecule has 0 unspecified atom stereocenters. The zero-order valence-corrected chi connectivity index (χ0v) is 14.9. The Morgan fingerprint density at radius 1 is 1.16 bits per heavy atom. The van der Waals surface area contributed by atoms with Crippen LogP contribution in [0.3, 0.4) is 0 Å². The molecular weight excluding hydrogens is 360 g/mol. The number of thioether (sulfide) groups is 1. The number of benzene rings is 2. The molecule has 1 N–H and O–H groups in total. The molecule has 1 saturated heterocycles. The molecule has 0 saturated carbocycles. The van der Waals surface area contributed by atoms with Crippen molar-refractivity contribution in [3.63, 3.8) is 0 Å². The number of rotatable bonds is 5. The molecule has 1 aliphatic heterocycles. The van der Waals surface area contributed by atoms with Crippen LogP contribution in [-0.4, -0.2) is 29.8 Å². The number of methoxy groups -OCH3 is 1. The van der Waals surface area contributed by atoms with Crippen LogP contribution in [0.1, 0.15) is 5.56 Å². The molecule has 0 bridgehead atoms. The fraction of sp³-hybridized carbons (Fsp3) is 0.111. The van der Waals surface area contributed by atoms with Crippen molar-refractivity contribution in [2.75, 3.05) is 19.1 Å². The summed E-state index contributed by atoms with van der Waals surface area (Å²) in [6.07, 6.45) is 1.64. The van der Waals surface area contributed by atoms with Crippen molar-refractivity contribution in [2.45, 2.75) is 0 Å². The lowest BCUT2D eigenvalue weighted by molar-refractivity contribution is -0.122. The summed E-state index contributed by atoms with van der Waals surface area (Å²) in [7, 11) is 1.56. The van der Waals surface area contributed by atoms with Crippen LogP contribution < -0.4 is 10.1 Å². The number of para-hydroxylation sites is 2. The number of nitrogens with zero attached hydrogens (tertiary/aromatic N) is 1. The van der Waals surface area contributed by atoms with E-state index in [0.717, 1.165) is 16.7 Å². The summed E-state index contributed by atoms with van der Waals surface area (Å²) in [5, 5.41) is 3.26. The Morgan fingerprint density at radius 3 is 2.64 bits per heavy atom. The standard InChI is InChI=1S/C18H15ClN2O3S/c1-24-15-9-5-4-8-14(15)20-11-21-17(22)16(25-18(21)23)10-12-6-2-3-7-13(12)19/h2-10,20H,11H2,1H3/b16-10+. The first-order chi connectivity index (χ1) is 12.1. The van der Waals surface area contributed by atoms with Crippen LogP contribution in [-0.2, 0) is 4.79 Å². The lowest BCUT2D eigenvalue weighted by atomic mass is 10.2. The minimum atomic E-state index is -0.350. The van der Waals surface area contributed by atoms with Crippen LogP contribution in [0.15, 0.2) is 53.4 Å². The maximum absolute atomic E-state index is 12.5. The summed E-state index contributed by atoms with van der Waals surface area (Å²) in [6.45, 7) is 0.0604. The van der Waals surface area contributed by atoms with Crippen molar-refractivity contribution in [1.29, 1.82) is 0 Å². The van der Waals surface area contributed by atoms with Gasteiger partial charge in [0, 0.05) is 5.02 Å². The summed E-state index contributed by atoms with van der Waals surface area (Å²) in [5.41, 5.74) is 1.41. The van der Waals surface area contributed by atoms with Gasteiger partial charge in [-0.05, 0) is 41.6 Å². The van der Waals surface area contributed by atoms with Crippen LogP contribution >= 0.6 is 23.4 Å². The maximum Gasteiger partial charge on any atom is 0.295 e. The summed E-state index contributed by atoms with van der Waals surface area (Å²) in [4.78, 5) is 26.2. The number of carbonyl (C=O) groups excluding carboxylic acids is 2. The SMILES string of the molecule is COc1ccccc1NCN1C(=O)S/C(=C/c2ccccc2Cl)C1=O. The van der Waals surface area contributed by atoms with Gasteiger partial charge in [-0.15, -0.1) is 0 Å². The highest BCUT2D eigenvalue weighted by Crippen LogP contribution is 2.33. The minimum Gasteiger partial charge on any atom is -0.495 e. The van der Waals surface area contributed by atoms with Crippen molar-refractivity contribution in [2.24, 2.45) is 0 Å². The molecule has 1 heterocycles. The van der Waals surface area contributed by atoms with Gasteiger partial charge < -0.3 is 10.1 Å². The summed E-state index contributed by atoms with van der Waals surface area (Å²) in [6, 6.07) is 14.5. The normalized spacial score (nSPS) is 15.8. The molecule has 2 amide bonds. The highest BCUT2D eigenvalue weighted by atomic mass is 35.5. The van der Waals surface area contributed by atoms with E-state index in [-0.39, 0.29) is 17.8 Å². The number of carbonyl (C=O) groups is 2. The number of ether oxygens (including phenoxy) is 1. The van der Waals surface area contributed by atoms with E-state index < -0.39 is 0 Å². The summed E-state index contributed by atoms with van der Waals surface area (Å²) < 4.78 is 5.25. The van der Waals surface area contributed by atoms with Crippen molar-refractivity contribution in [3.05, 3.63) is 64.0 Å². The van der Waals surface area contributed by atoms with E-state index in [0.29, 0.717) is 26.9 Å². The molecule has 3 rings (SSSR count). The Bertz CT molecular complexity index is 854. The Labute approximate surface area is 154 Å². The number of halogens is 1. The minimum absolute atomic E-state index is 0.0604. The average molecular weight is 375 g/mol. The topological polar surface area (TPSA) is 58.6 Å². The number of amides is 2. The van der Waals surface area contributed by atoms with Crippen LogP contribution in [0.2, 0.25) is 5.02 Å². The second-order valence-corrected chi connectivity index (χ2v) is 6.57. The predicted octanol–water partition coefficient (Wildman–Crippen LogP) is 4.45. The molecule has 2 aromatic rings. The maximum atomic E-state index is 12.5. The predicted molar refractivity (Wildman–Crippen MR) is 101 cm³/mol. The van der Waals surface area contributed by atoms with Gasteiger partial charge in [-0.25, -0.2) is 0 Å². The first-order valence-electron chi connectivity index (χ1n) is 7.47. The van der Waals surface area contributed by atoms with Gasteiger partial charge in [0.15, 0.2) is 0 Å². The van der Waals surface area contributed by atoms with E-state index in [1.807, 2.05) is 30.3 Å². The Kier molecular flexibility index (Phi) is 5.31. The monoisotopic (exact) mass is 374 g/mol. The van der Waals surface area contributed by atoms with Crippen LogP contribution in [0.4, 0.5) is 10.5 Å². The number of hydrogen-bond acceptors (Lipinski definition) is 5. The van der Waals surface area contributed by atoms with Gasteiger partial charge in [0.2, 0.25) is 0 Å². The molecular formula is C18H15ClN2O3S. The fourth-order valence-electron chi connectivity index (χ4n) is 2.32. The van der Waals surface area contributed by atoms with Crippen LogP contribution in [0.5, 0.6) is 5.75 Å². The lowest BCUT2D eigenvalue weighted by Crippen LogP contribution is -2.33. The molecule has 1 aliphatic rings. The first-order valence-corrected chi connectivity index (χ1v) is 8.66. The Hall–Kier alpha value is -2.44. The van der Waals surface area contributed by atoms with Crippen molar-refractivity contribution in [3.8, 4) is 5.75 Å². The van der Waals surface area contributed by atoms with E-state index in [9.17, 15) is 9.59 Å². The zero-order chi connectivity index (χ0) is 17.8.